The number of anilines is 1. The fourth-order valence-electron chi connectivity index (χ4n) is 5.05. The summed E-state index contributed by atoms with van der Waals surface area (Å²) in [7, 11) is -16.3. The average Bonchev–Trinajstić information content (AvgIpc) is 3.64. The number of aromatic nitrogens is 5. The molecule has 27 heteroatoms. The number of aryl methyl sites for hydroxylation is 1. The van der Waals surface area contributed by atoms with Crippen LogP contribution in [0.1, 0.15) is 28.4 Å². The molecule has 2 aliphatic rings. The van der Waals surface area contributed by atoms with Crippen LogP contribution in [0.15, 0.2) is 31.1 Å². The van der Waals surface area contributed by atoms with Crippen LogP contribution in [0.3, 0.4) is 0 Å². The number of nitrogens with two attached hydrogens (primary N) is 1. The number of carboxylic acids is 1. The monoisotopic (exact) mass is 759 g/mol. The van der Waals surface area contributed by atoms with Crippen molar-refractivity contribution in [3.8, 4) is 0 Å². The van der Waals surface area contributed by atoms with Gasteiger partial charge >= 0.3 is 29.4 Å². The maximum Gasteiger partial charge on any atom is 0.481 e. The third-order valence-electron chi connectivity index (χ3n) is 7.15. The van der Waals surface area contributed by atoms with E-state index >= 15 is 0 Å². The molecule has 2 fully saturated rings. The number of hydrogen-bond acceptors (Lipinski definition) is 17. The van der Waals surface area contributed by atoms with Crippen molar-refractivity contribution in [2.45, 2.75) is 56.0 Å². The van der Waals surface area contributed by atoms with E-state index in [1.165, 1.54) is 12.3 Å². The van der Waals surface area contributed by atoms with Crippen molar-refractivity contribution >= 4 is 46.4 Å². The molecule has 10 atom stereocenters. The van der Waals surface area contributed by atoms with E-state index in [-0.39, 0.29) is 22.5 Å². The van der Waals surface area contributed by atoms with Gasteiger partial charge in [0.2, 0.25) is 0 Å². The predicted molar refractivity (Wildman–Crippen MR) is 153 cm³/mol. The average molecular weight is 759 g/mol. The number of carboxylic acid groups (broad SMARTS) is 1. The van der Waals surface area contributed by atoms with E-state index in [0.29, 0.717) is 5.56 Å². The molecule has 10 N–H and O–H groups in total. The molecule has 2 saturated heterocycles. The highest BCUT2D eigenvalue weighted by Gasteiger charge is 2.51. The Morgan fingerprint density at radius 3 is 2.20 bits per heavy atom. The van der Waals surface area contributed by atoms with Crippen LogP contribution >= 0.6 is 23.5 Å². The number of hydrogen-bond donors (Lipinski definition) is 9. The summed E-state index contributed by atoms with van der Waals surface area (Å²) < 4.78 is 68.4. The lowest BCUT2D eigenvalue weighted by molar-refractivity contribution is -0.766. The zero-order chi connectivity index (χ0) is 36.1. The van der Waals surface area contributed by atoms with Crippen molar-refractivity contribution < 1.29 is 90.4 Å². The Morgan fingerprint density at radius 2 is 1.59 bits per heavy atom. The molecule has 24 nitrogen and oxygen atoms in total. The lowest BCUT2D eigenvalue weighted by Gasteiger charge is -2.22. The first-order valence-electron chi connectivity index (χ1n) is 13.7. The summed E-state index contributed by atoms with van der Waals surface area (Å²) >= 11 is 0. The van der Waals surface area contributed by atoms with E-state index in [4.69, 9.17) is 24.3 Å². The van der Waals surface area contributed by atoms with Crippen molar-refractivity contribution in [3.63, 3.8) is 0 Å². The molecule has 3 aromatic rings. The number of aromatic carboxylic acids is 1. The normalized spacial score (nSPS) is 30.0. The Bertz CT molecular complexity index is 1860. The highest BCUT2D eigenvalue weighted by molar-refractivity contribution is 7.61. The van der Waals surface area contributed by atoms with Crippen LogP contribution in [-0.2, 0) is 41.1 Å². The summed E-state index contributed by atoms with van der Waals surface area (Å²) in [5, 5.41) is 40.9. The quantitative estimate of drug-likeness (QED) is 0.0672. The molecular formula is C22H30N6O18P3+. The molecule has 0 aliphatic carbocycles. The molecule has 0 radical (unpaired) electrons. The van der Waals surface area contributed by atoms with Crippen LogP contribution in [0.2, 0.25) is 0 Å². The van der Waals surface area contributed by atoms with Crippen LogP contribution in [0, 0.1) is 6.92 Å². The second-order valence-corrected chi connectivity index (χ2v) is 14.9. The second kappa shape index (κ2) is 14.0. The van der Waals surface area contributed by atoms with Crippen LogP contribution in [-0.4, -0.2) is 115 Å². The topological polar surface area (TPSA) is 359 Å². The van der Waals surface area contributed by atoms with Gasteiger partial charge in [-0.25, -0.2) is 33.4 Å². The minimum absolute atomic E-state index is 0.00204. The number of imidazole rings is 1. The lowest BCUT2D eigenvalue weighted by atomic mass is 10.1. The van der Waals surface area contributed by atoms with Gasteiger partial charge < -0.3 is 55.2 Å². The second-order valence-electron chi connectivity index (χ2n) is 10.7. The number of nitrogens with zero attached hydrogens (tertiary/aromatic N) is 5. The van der Waals surface area contributed by atoms with Gasteiger partial charge in [-0.15, -0.1) is 0 Å². The molecule has 0 spiro atoms. The number of carbonyl (C=O) groups is 1. The van der Waals surface area contributed by atoms with Crippen LogP contribution in [0.5, 0.6) is 0 Å². The van der Waals surface area contributed by atoms with Gasteiger partial charge in [-0.3, -0.25) is 18.1 Å². The largest absolute Gasteiger partial charge is 0.481 e. The molecule has 49 heavy (non-hydrogen) atoms. The maximum atomic E-state index is 12.6. The minimum Gasteiger partial charge on any atom is -0.477 e. The van der Waals surface area contributed by atoms with Gasteiger partial charge in [-0.1, -0.05) is 0 Å². The molecular weight excluding hydrogens is 729 g/mol. The third kappa shape index (κ3) is 8.55. The lowest BCUT2D eigenvalue weighted by Crippen LogP contribution is -2.46. The molecule has 5 rings (SSSR count). The van der Waals surface area contributed by atoms with Gasteiger partial charge in [0, 0.05) is 5.56 Å². The van der Waals surface area contributed by atoms with E-state index in [2.05, 4.69) is 23.8 Å². The highest BCUT2D eigenvalue weighted by atomic mass is 31.3. The van der Waals surface area contributed by atoms with Crippen LogP contribution in [0.4, 0.5) is 5.82 Å². The van der Waals surface area contributed by atoms with Gasteiger partial charge in [0.15, 0.2) is 36.2 Å². The SMILES string of the molecule is Cc1cc(C(=O)O)c[n+]([C@@H]2O[C@H](COP(=O)(O)OP(=O)(O)OC[C@H]3O[C@@H](n4cnc5c(N)ncnc54)[C@H](OP(=O)(O)O)[C@@H]3O)[C@@H](O)[C@H]2O)c1. The standard InChI is InChI=1S/C22H29N6O18P3/c1-9-2-10(22(32)33)4-27(3-9)20-16(31)14(29)11(43-20)5-41-48(37,38)46-49(39,40)42-6-12-15(30)17(45-47(34,35)36)21(44-12)28-8-26-13-18(23)24-7-25-19(13)28/h2-4,7-8,11-12,14-17,20-21,29-31H,5-6H2,1H3,(H6-,23,24,25,32,33,34,35,36,37,38,39,40)/p+1/t11-,12-,14-,15-,16-,17-,20-,21-/m1/s1. The van der Waals surface area contributed by atoms with Gasteiger partial charge in [0.1, 0.15) is 47.9 Å². The van der Waals surface area contributed by atoms with Gasteiger partial charge in [-0.2, -0.15) is 8.88 Å². The molecule has 0 saturated carbocycles. The Balaban J connectivity index is 1.21. The Kier molecular flexibility index (Phi) is 10.7. The zero-order valence-electron chi connectivity index (χ0n) is 24.7. The Morgan fingerprint density at radius 1 is 0.959 bits per heavy atom. The summed E-state index contributed by atoms with van der Waals surface area (Å²) in [5.74, 6) is -1.34. The molecule has 3 aromatic heterocycles. The molecule has 0 aromatic carbocycles. The molecule has 0 amide bonds. The first-order valence-corrected chi connectivity index (χ1v) is 18.2. The van der Waals surface area contributed by atoms with Crippen molar-refractivity contribution in [1.29, 1.82) is 0 Å². The van der Waals surface area contributed by atoms with Gasteiger partial charge in [-0.05, 0) is 13.0 Å². The van der Waals surface area contributed by atoms with E-state index in [0.717, 1.165) is 28.0 Å². The summed E-state index contributed by atoms with van der Waals surface area (Å²) in [6.45, 7) is -0.503. The number of aliphatic hydroxyl groups excluding tert-OH is 3. The van der Waals surface area contributed by atoms with E-state index < -0.39 is 91.7 Å². The molecule has 270 valence electrons. The van der Waals surface area contributed by atoms with Crippen molar-refractivity contribution in [2.75, 3.05) is 18.9 Å². The first-order chi connectivity index (χ1) is 22.7. The first kappa shape index (κ1) is 37.4. The number of nitrogen functional groups attached to an aromatic ring is 1. The minimum atomic E-state index is -5.54. The smallest absolute Gasteiger partial charge is 0.477 e. The summed E-state index contributed by atoms with van der Waals surface area (Å²) in [4.78, 5) is 62.1. The van der Waals surface area contributed by atoms with E-state index in [1.54, 1.807) is 6.92 Å². The molecule has 0 bridgehead atoms. The number of fused-ring (bicyclic) bond motifs is 1. The van der Waals surface area contributed by atoms with Crippen LogP contribution < -0.4 is 10.3 Å². The predicted octanol–water partition coefficient (Wildman–Crippen LogP) is -1.99. The van der Waals surface area contributed by atoms with Crippen molar-refractivity contribution in [1.82, 2.24) is 19.5 Å². The summed E-state index contributed by atoms with van der Waals surface area (Å²) in [5.41, 5.74) is 6.11. The number of rotatable bonds is 13. The zero-order valence-corrected chi connectivity index (χ0v) is 27.4. The van der Waals surface area contributed by atoms with Gasteiger partial charge in [0.05, 0.1) is 19.5 Å². The molecule has 2 unspecified atom stereocenters. The number of phosphoric acid groups is 3. The molecule has 2 aliphatic heterocycles. The van der Waals surface area contributed by atoms with Gasteiger partial charge in [0.25, 0.3) is 6.23 Å². The summed E-state index contributed by atoms with van der Waals surface area (Å²) in [6.07, 6.45) is -8.68. The number of ether oxygens (including phenoxy) is 2. The highest BCUT2D eigenvalue weighted by Crippen LogP contribution is 2.61. The fourth-order valence-corrected chi connectivity index (χ4v) is 7.69. The van der Waals surface area contributed by atoms with Crippen molar-refractivity contribution in [2.24, 2.45) is 0 Å². The number of aliphatic hydroxyl groups is 3. The third-order valence-corrected chi connectivity index (χ3v) is 10.3. The summed E-state index contributed by atoms with van der Waals surface area (Å²) in [6, 6.07) is 1.34. The number of pyridine rings is 1. The van der Waals surface area contributed by atoms with Crippen molar-refractivity contribution in [3.05, 3.63) is 42.2 Å². The van der Waals surface area contributed by atoms with E-state index in [9.17, 15) is 58.5 Å². The van der Waals surface area contributed by atoms with E-state index in [1.807, 2.05) is 0 Å². The maximum absolute atomic E-state index is 12.6. The number of phosphoric ester groups is 3. The van der Waals surface area contributed by atoms with Crippen LogP contribution in [0.25, 0.3) is 11.2 Å². The molecule has 5 heterocycles. The Hall–Kier alpha value is -2.86. The Labute approximate surface area is 273 Å². The fraction of sp³-hybridized carbons (Fsp3) is 0.500.